The Morgan fingerprint density at radius 1 is 1.33 bits per heavy atom. The number of aliphatic hydroxyl groups excluding tert-OH is 1. The highest BCUT2D eigenvalue weighted by Crippen LogP contribution is 2.28. The van der Waals surface area contributed by atoms with Crippen LogP contribution >= 0.6 is 28.3 Å². The van der Waals surface area contributed by atoms with Crippen LogP contribution in [0.1, 0.15) is 31.9 Å². The molecule has 3 N–H and O–H groups in total. The van der Waals surface area contributed by atoms with Crippen LogP contribution in [-0.4, -0.2) is 11.2 Å². The zero-order valence-corrected chi connectivity index (χ0v) is 12.6. The molecule has 0 spiro atoms. The third-order valence-corrected chi connectivity index (χ3v) is 3.43. The van der Waals surface area contributed by atoms with E-state index in [9.17, 15) is 13.9 Å². The fourth-order valence-corrected chi connectivity index (χ4v) is 2.04. The molecule has 0 radical (unpaired) electrons. The normalized spacial score (nSPS) is 15.7. The summed E-state index contributed by atoms with van der Waals surface area (Å²) in [7, 11) is 0. The van der Waals surface area contributed by atoms with Crippen LogP contribution in [0, 0.1) is 17.6 Å². The van der Waals surface area contributed by atoms with Crippen LogP contribution in [0.5, 0.6) is 0 Å². The van der Waals surface area contributed by atoms with E-state index in [1.165, 1.54) is 0 Å². The maximum Gasteiger partial charge on any atom is 0.132 e. The van der Waals surface area contributed by atoms with Gasteiger partial charge in [-0.1, -0.05) is 36.2 Å². The van der Waals surface area contributed by atoms with E-state index >= 15 is 0 Å². The van der Waals surface area contributed by atoms with Gasteiger partial charge in [-0.2, -0.15) is 0 Å². The number of aliphatic hydroxyl groups is 1. The van der Waals surface area contributed by atoms with E-state index in [1.54, 1.807) is 6.92 Å². The number of halogens is 4. The first-order valence-corrected chi connectivity index (χ1v) is 6.25. The summed E-state index contributed by atoms with van der Waals surface area (Å²) in [6.45, 7) is 3.67. The van der Waals surface area contributed by atoms with Crippen molar-refractivity contribution in [1.82, 2.24) is 0 Å². The topological polar surface area (TPSA) is 46.2 Å². The lowest BCUT2D eigenvalue weighted by Gasteiger charge is -2.24. The summed E-state index contributed by atoms with van der Waals surface area (Å²) in [5, 5.41) is 9.89. The first-order valence-electron chi connectivity index (χ1n) is 5.46. The lowest BCUT2D eigenvalue weighted by atomic mass is 9.91. The van der Waals surface area contributed by atoms with Gasteiger partial charge in [0.05, 0.1) is 12.1 Å². The van der Waals surface area contributed by atoms with Crippen LogP contribution in [0.25, 0.3) is 0 Å². The zero-order chi connectivity index (χ0) is 13.2. The molecule has 1 rings (SSSR count). The number of rotatable bonds is 4. The molecule has 3 atom stereocenters. The van der Waals surface area contributed by atoms with Crippen LogP contribution in [0.4, 0.5) is 8.78 Å². The molecule has 1 aromatic carbocycles. The second-order valence-corrected chi connectivity index (χ2v) is 5.10. The molecule has 0 saturated carbocycles. The molecule has 0 saturated heterocycles. The van der Waals surface area contributed by atoms with Gasteiger partial charge in [-0.3, -0.25) is 0 Å². The Labute approximate surface area is 120 Å². The third kappa shape index (κ3) is 3.88. The van der Waals surface area contributed by atoms with Crippen molar-refractivity contribution in [3.8, 4) is 0 Å². The standard InChI is InChI=1S/C12H16BrF2NO.ClH/c1-3-6(2)12(17)11(16)10-8(14)4-7(13)5-9(10)15;/h4-6,11-12,17H,3,16H2,1-2H3;1H/t6?,11-,12+;/m0./s1. The van der Waals surface area contributed by atoms with Crippen LogP contribution in [0.2, 0.25) is 0 Å². The Kier molecular flexibility index (Phi) is 7.29. The molecule has 0 fully saturated rings. The Morgan fingerprint density at radius 2 is 1.78 bits per heavy atom. The third-order valence-electron chi connectivity index (χ3n) is 2.97. The van der Waals surface area contributed by atoms with E-state index in [0.717, 1.165) is 12.1 Å². The molecule has 2 nitrogen and oxygen atoms in total. The zero-order valence-electron chi connectivity index (χ0n) is 10.2. The summed E-state index contributed by atoms with van der Waals surface area (Å²) in [6.07, 6.45) is -0.278. The van der Waals surface area contributed by atoms with Crippen molar-refractivity contribution in [3.05, 3.63) is 33.8 Å². The summed E-state index contributed by atoms with van der Waals surface area (Å²) in [4.78, 5) is 0. The van der Waals surface area contributed by atoms with Crippen molar-refractivity contribution in [3.63, 3.8) is 0 Å². The van der Waals surface area contributed by atoms with Gasteiger partial charge >= 0.3 is 0 Å². The molecule has 0 aliphatic heterocycles. The first-order chi connectivity index (χ1) is 7.88. The molecular formula is C12H17BrClF2NO. The summed E-state index contributed by atoms with van der Waals surface area (Å²) < 4.78 is 27.6. The average molecular weight is 345 g/mol. The van der Waals surface area contributed by atoms with Gasteiger partial charge in [-0.15, -0.1) is 12.4 Å². The minimum Gasteiger partial charge on any atom is -0.391 e. The van der Waals surface area contributed by atoms with Gasteiger partial charge in [0.1, 0.15) is 11.6 Å². The molecule has 1 unspecified atom stereocenters. The van der Waals surface area contributed by atoms with Gasteiger partial charge in [-0.05, 0) is 18.1 Å². The lowest BCUT2D eigenvalue weighted by Crippen LogP contribution is -2.33. The summed E-state index contributed by atoms with van der Waals surface area (Å²) >= 11 is 2.99. The van der Waals surface area contributed by atoms with Gasteiger partial charge in [0, 0.05) is 10.0 Å². The molecule has 0 aliphatic carbocycles. The fourth-order valence-electron chi connectivity index (χ4n) is 1.64. The van der Waals surface area contributed by atoms with Crippen molar-refractivity contribution in [2.75, 3.05) is 0 Å². The smallest absolute Gasteiger partial charge is 0.132 e. The van der Waals surface area contributed by atoms with Gasteiger partial charge in [-0.25, -0.2) is 8.78 Å². The second kappa shape index (κ2) is 7.38. The molecule has 18 heavy (non-hydrogen) atoms. The highest BCUT2D eigenvalue weighted by Gasteiger charge is 2.27. The molecule has 0 aromatic heterocycles. The minimum atomic E-state index is -1.06. The molecule has 0 aliphatic rings. The van der Waals surface area contributed by atoms with E-state index in [2.05, 4.69) is 15.9 Å². The largest absolute Gasteiger partial charge is 0.391 e. The summed E-state index contributed by atoms with van der Waals surface area (Å²) in [5.74, 6) is -1.61. The van der Waals surface area contributed by atoms with Crippen LogP contribution in [-0.2, 0) is 0 Å². The molecule has 1 aromatic rings. The molecular weight excluding hydrogens is 327 g/mol. The maximum atomic E-state index is 13.6. The van der Waals surface area contributed by atoms with E-state index in [-0.39, 0.29) is 23.9 Å². The number of hydrogen-bond acceptors (Lipinski definition) is 2. The predicted octanol–water partition coefficient (Wildman–Crippen LogP) is 3.56. The number of benzene rings is 1. The number of hydrogen-bond donors (Lipinski definition) is 2. The quantitative estimate of drug-likeness (QED) is 0.877. The van der Waals surface area contributed by atoms with E-state index in [0.29, 0.717) is 10.9 Å². The molecule has 6 heteroatoms. The minimum absolute atomic E-state index is 0. The molecule has 0 bridgehead atoms. The summed E-state index contributed by atoms with van der Waals surface area (Å²) in [5.41, 5.74) is 5.46. The molecule has 0 heterocycles. The lowest BCUT2D eigenvalue weighted by molar-refractivity contribution is 0.0854. The van der Waals surface area contributed by atoms with Crippen molar-refractivity contribution in [2.24, 2.45) is 11.7 Å². The van der Waals surface area contributed by atoms with Gasteiger partial charge < -0.3 is 10.8 Å². The Hall–Kier alpha value is -0.230. The molecule has 104 valence electrons. The highest BCUT2D eigenvalue weighted by molar-refractivity contribution is 9.10. The van der Waals surface area contributed by atoms with Crippen LogP contribution < -0.4 is 5.73 Å². The highest BCUT2D eigenvalue weighted by atomic mass is 79.9. The average Bonchev–Trinajstić information content (AvgIpc) is 2.25. The van der Waals surface area contributed by atoms with Crippen molar-refractivity contribution >= 4 is 28.3 Å². The van der Waals surface area contributed by atoms with Crippen molar-refractivity contribution in [1.29, 1.82) is 0 Å². The van der Waals surface area contributed by atoms with E-state index in [1.807, 2.05) is 6.92 Å². The summed E-state index contributed by atoms with van der Waals surface area (Å²) in [6, 6.07) is 1.22. The van der Waals surface area contributed by atoms with Crippen LogP contribution in [0.15, 0.2) is 16.6 Å². The fraction of sp³-hybridized carbons (Fsp3) is 0.500. The van der Waals surface area contributed by atoms with Crippen molar-refractivity contribution in [2.45, 2.75) is 32.4 Å². The first kappa shape index (κ1) is 17.8. The van der Waals surface area contributed by atoms with Crippen molar-refractivity contribution < 1.29 is 13.9 Å². The van der Waals surface area contributed by atoms with E-state index in [4.69, 9.17) is 5.73 Å². The van der Waals surface area contributed by atoms with Gasteiger partial charge in [0.2, 0.25) is 0 Å². The maximum absolute atomic E-state index is 13.6. The predicted molar refractivity (Wildman–Crippen MR) is 73.7 cm³/mol. The van der Waals surface area contributed by atoms with Gasteiger partial charge in [0.15, 0.2) is 0 Å². The Bertz CT molecular complexity index is 383. The Morgan fingerprint density at radius 3 is 2.17 bits per heavy atom. The van der Waals surface area contributed by atoms with Gasteiger partial charge in [0.25, 0.3) is 0 Å². The van der Waals surface area contributed by atoms with Crippen LogP contribution in [0.3, 0.4) is 0 Å². The molecule has 0 amide bonds. The van der Waals surface area contributed by atoms with E-state index < -0.39 is 23.8 Å². The monoisotopic (exact) mass is 343 g/mol. The SMILES string of the molecule is CCC(C)[C@@H](O)[C@@H](N)c1c(F)cc(Br)cc1F.Cl. The Balaban J connectivity index is 0.00000289. The number of nitrogens with two attached hydrogens (primary N) is 1. The second-order valence-electron chi connectivity index (χ2n) is 4.19.